The van der Waals surface area contributed by atoms with E-state index in [0.29, 0.717) is 0 Å². The highest BCUT2D eigenvalue weighted by Gasteiger charge is 2.17. The van der Waals surface area contributed by atoms with Crippen molar-refractivity contribution in [2.45, 2.75) is 11.3 Å². The Balaban J connectivity index is 1.73. The summed E-state index contributed by atoms with van der Waals surface area (Å²) < 4.78 is 0. The number of rotatable bonds is 2. The maximum Gasteiger partial charge on any atom is 0.147 e. The standard InChI is InChI=1S/C14H12N4S/c1-2-11-9(3-5-15-11)7-10(1)18-14-13-12(4-6-19-13)16-8-17-14/h1-3,5,7-8,15H,4,6H2,(H,16,17,18). The fraction of sp³-hybridized carbons (Fsp3) is 0.143. The van der Waals surface area contributed by atoms with Crippen LogP contribution in [0.15, 0.2) is 41.7 Å². The summed E-state index contributed by atoms with van der Waals surface area (Å²) in [7, 11) is 0. The predicted octanol–water partition coefficient (Wildman–Crippen LogP) is 3.35. The van der Waals surface area contributed by atoms with Gasteiger partial charge in [0, 0.05) is 35.0 Å². The van der Waals surface area contributed by atoms with E-state index in [-0.39, 0.29) is 0 Å². The number of fused-ring (bicyclic) bond motifs is 2. The number of H-pyrrole nitrogens is 1. The van der Waals surface area contributed by atoms with Gasteiger partial charge in [-0.25, -0.2) is 9.97 Å². The molecule has 3 heterocycles. The Kier molecular flexibility index (Phi) is 2.45. The zero-order chi connectivity index (χ0) is 12.7. The molecule has 2 N–H and O–H groups in total. The highest BCUT2D eigenvalue weighted by atomic mass is 32.2. The molecule has 4 rings (SSSR count). The Hall–Kier alpha value is -2.01. The van der Waals surface area contributed by atoms with Crippen molar-refractivity contribution in [3.8, 4) is 0 Å². The van der Waals surface area contributed by atoms with Crippen molar-refractivity contribution in [2.75, 3.05) is 11.1 Å². The third-order valence-corrected chi connectivity index (χ3v) is 4.40. The van der Waals surface area contributed by atoms with Gasteiger partial charge in [-0.3, -0.25) is 0 Å². The average Bonchev–Trinajstić information content (AvgIpc) is 3.06. The zero-order valence-corrected chi connectivity index (χ0v) is 11.0. The summed E-state index contributed by atoms with van der Waals surface area (Å²) in [5.41, 5.74) is 3.36. The van der Waals surface area contributed by atoms with Crippen LogP contribution in [0.1, 0.15) is 5.69 Å². The van der Waals surface area contributed by atoms with Gasteiger partial charge < -0.3 is 10.3 Å². The molecule has 2 aromatic heterocycles. The first kappa shape index (κ1) is 10.9. The van der Waals surface area contributed by atoms with E-state index in [4.69, 9.17) is 0 Å². The smallest absolute Gasteiger partial charge is 0.147 e. The van der Waals surface area contributed by atoms with Gasteiger partial charge in [0.2, 0.25) is 0 Å². The molecule has 5 heteroatoms. The molecule has 4 nitrogen and oxygen atoms in total. The molecule has 3 aromatic rings. The van der Waals surface area contributed by atoms with Gasteiger partial charge in [0.15, 0.2) is 0 Å². The summed E-state index contributed by atoms with van der Waals surface area (Å²) in [6.07, 6.45) is 4.63. The number of nitrogens with zero attached hydrogens (tertiary/aromatic N) is 2. The van der Waals surface area contributed by atoms with Crippen LogP contribution in [0.25, 0.3) is 10.9 Å². The van der Waals surface area contributed by atoms with Crippen molar-refractivity contribution in [3.05, 3.63) is 42.5 Å². The van der Waals surface area contributed by atoms with Gasteiger partial charge in [-0.1, -0.05) is 0 Å². The van der Waals surface area contributed by atoms with E-state index in [1.165, 1.54) is 10.3 Å². The molecule has 0 saturated carbocycles. The van der Waals surface area contributed by atoms with E-state index in [0.717, 1.165) is 34.9 Å². The molecule has 1 aliphatic rings. The molecule has 1 aromatic carbocycles. The Morgan fingerprint density at radius 3 is 3.21 bits per heavy atom. The second-order valence-corrected chi connectivity index (χ2v) is 5.61. The van der Waals surface area contributed by atoms with Gasteiger partial charge in [-0.2, -0.15) is 0 Å². The minimum Gasteiger partial charge on any atom is -0.361 e. The number of thioether (sulfide) groups is 1. The lowest BCUT2D eigenvalue weighted by atomic mass is 10.2. The van der Waals surface area contributed by atoms with Crippen LogP contribution in [0.5, 0.6) is 0 Å². The van der Waals surface area contributed by atoms with Crippen molar-refractivity contribution < 1.29 is 0 Å². The SMILES string of the molecule is c1nc2c(c(Nc3ccc4[nH]ccc4c3)n1)SCC2. The first-order chi connectivity index (χ1) is 9.40. The maximum atomic E-state index is 4.36. The Morgan fingerprint density at radius 1 is 1.21 bits per heavy atom. The lowest BCUT2D eigenvalue weighted by molar-refractivity contribution is 0.980. The predicted molar refractivity (Wildman–Crippen MR) is 78.0 cm³/mol. The highest BCUT2D eigenvalue weighted by Crippen LogP contribution is 2.36. The number of hydrogen-bond donors (Lipinski definition) is 2. The van der Waals surface area contributed by atoms with Crippen molar-refractivity contribution in [3.63, 3.8) is 0 Å². The van der Waals surface area contributed by atoms with Gasteiger partial charge in [0.25, 0.3) is 0 Å². The lowest BCUT2D eigenvalue weighted by Gasteiger charge is -2.09. The zero-order valence-electron chi connectivity index (χ0n) is 10.2. The number of anilines is 2. The Labute approximate surface area is 114 Å². The molecule has 0 aliphatic carbocycles. The molecule has 19 heavy (non-hydrogen) atoms. The van der Waals surface area contributed by atoms with Crippen LogP contribution in [0.3, 0.4) is 0 Å². The number of benzene rings is 1. The van der Waals surface area contributed by atoms with Crippen LogP contribution >= 0.6 is 11.8 Å². The van der Waals surface area contributed by atoms with E-state index < -0.39 is 0 Å². The normalized spacial score (nSPS) is 13.7. The summed E-state index contributed by atoms with van der Waals surface area (Å²) in [5, 5.41) is 4.60. The van der Waals surface area contributed by atoms with Crippen LogP contribution in [0.4, 0.5) is 11.5 Å². The molecule has 0 amide bonds. The first-order valence-corrected chi connectivity index (χ1v) is 7.19. The molecular formula is C14H12N4S. The number of aromatic amines is 1. The quantitative estimate of drug-likeness (QED) is 0.748. The van der Waals surface area contributed by atoms with Crippen molar-refractivity contribution in [1.82, 2.24) is 15.0 Å². The number of hydrogen-bond acceptors (Lipinski definition) is 4. The van der Waals surface area contributed by atoms with E-state index >= 15 is 0 Å². The van der Waals surface area contributed by atoms with E-state index in [1.807, 2.05) is 18.0 Å². The summed E-state index contributed by atoms with van der Waals surface area (Å²) in [6, 6.07) is 8.33. The molecule has 1 aliphatic heterocycles. The van der Waals surface area contributed by atoms with E-state index in [9.17, 15) is 0 Å². The van der Waals surface area contributed by atoms with Gasteiger partial charge >= 0.3 is 0 Å². The molecule has 0 atom stereocenters. The fourth-order valence-electron chi connectivity index (χ4n) is 2.35. The fourth-order valence-corrected chi connectivity index (χ4v) is 3.41. The van der Waals surface area contributed by atoms with Crippen molar-refractivity contribution in [1.29, 1.82) is 0 Å². The Morgan fingerprint density at radius 2 is 2.21 bits per heavy atom. The molecule has 0 radical (unpaired) electrons. The molecular weight excluding hydrogens is 256 g/mol. The molecule has 0 bridgehead atoms. The van der Waals surface area contributed by atoms with Gasteiger partial charge in [0.1, 0.15) is 12.1 Å². The van der Waals surface area contributed by atoms with E-state index in [2.05, 4.69) is 44.5 Å². The molecule has 0 spiro atoms. The van der Waals surface area contributed by atoms with Crippen LogP contribution in [0.2, 0.25) is 0 Å². The molecule has 0 saturated heterocycles. The largest absolute Gasteiger partial charge is 0.361 e. The third-order valence-electron chi connectivity index (χ3n) is 3.28. The monoisotopic (exact) mass is 268 g/mol. The number of aromatic nitrogens is 3. The third kappa shape index (κ3) is 1.86. The topological polar surface area (TPSA) is 53.6 Å². The minimum absolute atomic E-state index is 0.919. The second kappa shape index (κ2) is 4.28. The first-order valence-electron chi connectivity index (χ1n) is 6.21. The summed E-state index contributed by atoms with van der Waals surface area (Å²) in [5.74, 6) is 2.02. The number of nitrogens with one attached hydrogen (secondary N) is 2. The average molecular weight is 268 g/mol. The van der Waals surface area contributed by atoms with Crippen LogP contribution < -0.4 is 5.32 Å². The van der Waals surface area contributed by atoms with Crippen molar-refractivity contribution in [2.24, 2.45) is 0 Å². The summed E-state index contributed by atoms with van der Waals surface area (Å²) in [6.45, 7) is 0. The molecule has 0 fully saturated rings. The van der Waals surface area contributed by atoms with Gasteiger partial charge in [-0.05, 0) is 24.3 Å². The van der Waals surface area contributed by atoms with Crippen molar-refractivity contribution >= 4 is 34.2 Å². The highest BCUT2D eigenvalue weighted by molar-refractivity contribution is 7.99. The van der Waals surface area contributed by atoms with Crippen LogP contribution in [-0.2, 0) is 6.42 Å². The van der Waals surface area contributed by atoms with Crippen LogP contribution in [0, 0.1) is 0 Å². The van der Waals surface area contributed by atoms with Gasteiger partial charge in [-0.15, -0.1) is 11.8 Å². The van der Waals surface area contributed by atoms with Gasteiger partial charge in [0.05, 0.1) is 10.6 Å². The molecule has 94 valence electrons. The molecule has 0 unspecified atom stereocenters. The summed E-state index contributed by atoms with van der Waals surface area (Å²) >= 11 is 1.83. The van der Waals surface area contributed by atoms with E-state index in [1.54, 1.807) is 6.33 Å². The Bertz CT molecular complexity index is 750. The number of aryl methyl sites for hydroxylation is 1. The maximum absolute atomic E-state index is 4.36. The summed E-state index contributed by atoms with van der Waals surface area (Å²) in [4.78, 5) is 13.1. The second-order valence-electron chi connectivity index (χ2n) is 4.50. The minimum atomic E-state index is 0.919. The lowest BCUT2D eigenvalue weighted by Crippen LogP contribution is -1.98. The van der Waals surface area contributed by atoms with Crippen LogP contribution in [-0.4, -0.2) is 20.7 Å².